The van der Waals surface area contributed by atoms with Crippen LogP contribution < -0.4 is 4.74 Å². The van der Waals surface area contributed by atoms with Gasteiger partial charge in [-0.05, 0) is 31.0 Å². The van der Waals surface area contributed by atoms with Gasteiger partial charge in [0, 0.05) is 4.47 Å². The number of unbranched alkanes of at least 4 members (excludes halogenated alkanes) is 5. The number of ether oxygens (including phenoxy) is 1. The number of aryl methyl sites for hydroxylation is 1. The fourth-order valence-corrected chi connectivity index (χ4v) is 2.71. The molecule has 1 aromatic rings. The minimum absolute atomic E-state index is 0.225. The second-order valence-electron chi connectivity index (χ2n) is 5.02. The van der Waals surface area contributed by atoms with Crippen molar-refractivity contribution in [1.29, 1.82) is 0 Å². The lowest BCUT2D eigenvalue weighted by atomic mass is 10.1. The molecule has 0 aliphatic carbocycles. The van der Waals surface area contributed by atoms with Crippen LogP contribution in [-0.4, -0.2) is 17.7 Å². The van der Waals surface area contributed by atoms with Crippen LogP contribution in [0.5, 0.6) is 5.75 Å². The minimum Gasteiger partial charge on any atom is -0.492 e. The Morgan fingerprint density at radius 2 is 1.85 bits per heavy atom. The van der Waals surface area contributed by atoms with Crippen LogP contribution >= 0.6 is 15.9 Å². The van der Waals surface area contributed by atoms with Crippen LogP contribution in [-0.2, 0) is 0 Å². The number of benzene rings is 1. The predicted molar refractivity (Wildman–Crippen MR) is 84.7 cm³/mol. The van der Waals surface area contributed by atoms with Gasteiger partial charge in [0.1, 0.15) is 11.3 Å². The summed E-state index contributed by atoms with van der Waals surface area (Å²) in [6.45, 7) is 4.65. The Morgan fingerprint density at radius 1 is 1.20 bits per heavy atom. The lowest BCUT2D eigenvalue weighted by molar-refractivity contribution is 0.0692. The molecule has 20 heavy (non-hydrogen) atoms. The third kappa shape index (κ3) is 5.53. The Labute approximate surface area is 129 Å². The zero-order chi connectivity index (χ0) is 15.0. The van der Waals surface area contributed by atoms with Crippen LogP contribution in [0, 0.1) is 6.92 Å². The number of carboxylic acid groups (broad SMARTS) is 1. The third-order valence-corrected chi connectivity index (χ3v) is 3.67. The highest BCUT2D eigenvalue weighted by atomic mass is 79.9. The Kier molecular flexibility index (Phi) is 7.67. The summed E-state index contributed by atoms with van der Waals surface area (Å²) in [6.07, 6.45) is 7.14. The number of aromatic carboxylic acids is 1. The van der Waals surface area contributed by atoms with Crippen molar-refractivity contribution >= 4 is 21.9 Å². The first kappa shape index (κ1) is 17.0. The van der Waals surface area contributed by atoms with E-state index in [1.165, 1.54) is 25.7 Å². The number of hydrogen-bond acceptors (Lipinski definition) is 2. The van der Waals surface area contributed by atoms with E-state index in [0.29, 0.717) is 12.4 Å². The van der Waals surface area contributed by atoms with Gasteiger partial charge in [0.25, 0.3) is 0 Å². The largest absolute Gasteiger partial charge is 0.492 e. The summed E-state index contributed by atoms with van der Waals surface area (Å²) in [7, 11) is 0. The average Bonchev–Trinajstić information content (AvgIpc) is 2.39. The normalized spacial score (nSPS) is 10.6. The highest BCUT2D eigenvalue weighted by Crippen LogP contribution is 2.28. The van der Waals surface area contributed by atoms with E-state index in [4.69, 9.17) is 4.74 Å². The molecular formula is C16H23BrO3. The van der Waals surface area contributed by atoms with Crippen LogP contribution in [0.3, 0.4) is 0 Å². The Bertz CT molecular complexity index is 444. The molecule has 0 spiro atoms. The molecule has 0 fully saturated rings. The van der Waals surface area contributed by atoms with Gasteiger partial charge in [-0.3, -0.25) is 0 Å². The highest BCUT2D eigenvalue weighted by Gasteiger charge is 2.15. The molecule has 1 aromatic carbocycles. The van der Waals surface area contributed by atoms with Gasteiger partial charge in [-0.15, -0.1) is 0 Å². The topological polar surface area (TPSA) is 46.5 Å². The minimum atomic E-state index is -0.952. The molecule has 0 amide bonds. The third-order valence-electron chi connectivity index (χ3n) is 3.21. The van der Waals surface area contributed by atoms with Gasteiger partial charge >= 0.3 is 5.97 Å². The van der Waals surface area contributed by atoms with Crippen molar-refractivity contribution in [3.05, 3.63) is 27.7 Å². The molecule has 0 radical (unpaired) electrons. The maximum atomic E-state index is 11.2. The van der Waals surface area contributed by atoms with Gasteiger partial charge < -0.3 is 9.84 Å². The van der Waals surface area contributed by atoms with Gasteiger partial charge in [-0.25, -0.2) is 4.79 Å². The summed E-state index contributed by atoms with van der Waals surface area (Å²) < 4.78 is 6.45. The number of hydrogen-bond donors (Lipinski definition) is 1. The molecule has 0 bridgehead atoms. The standard InChI is InChI=1S/C16H23BrO3/c1-3-4-5-6-7-8-9-20-15-12(2)10-13(17)11-14(15)16(18)19/h10-11H,3-9H2,1-2H3,(H,18,19). The zero-order valence-corrected chi connectivity index (χ0v) is 13.8. The summed E-state index contributed by atoms with van der Waals surface area (Å²) in [6, 6.07) is 3.47. The molecular weight excluding hydrogens is 320 g/mol. The number of carbonyl (C=O) groups is 1. The Morgan fingerprint density at radius 3 is 2.50 bits per heavy atom. The molecule has 1 rings (SSSR count). The van der Waals surface area contributed by atoms with Gasteiger partial charge in [0.2, 0.25) is 0 Å². The maximum absolute atomic E-state index is 11.2. The molecule has 4 heteroatoms. The highest BCUT2D eigenvalue weighted by molar-refractivity contribution is 9.10. The molecule has 112 valence electrons. The van der Waals surface area contributed by atoms with Crippen LogP contribution in [0.4, 0.5) is 0 Å². The van der Waals surface area contributed by atoms with Crippen molar-refractivity contribution in [1.82, 2.24) is 0 Å². The molecule has 3 nitrogen and oxygen atoms in total. The van der Waals surface area contributed by atoms with Crippen LogP contribution in [0.1, 0.15) is 61.4 Å². The Balaban J connectivity index is 2.49. The summed E-state index contributed by atoms with van der Waals surface area (Å²) in [5.41, 5.74) is 1.07. The first-order valence-corrected chi connectivity index (χ1v) is 8.01. The van der Waals surface area contributed by atoms with Crippen LogP contribution in [0.15, 0.2) is 16.6 Å². The number of rotatable bonds is 9. The average molecular weight is 343 g/mol. The molecule has 0 aliphatic rings. The number of halogens is 1. The molecule has 0 aromatic heterocycles. The first-order chi connectivity index (χ1) is 9.56. The van der Waals surface area contributed by atoms with E-state index in [0.717, 1.165) is 22.9 Å². The fourth-order valence-electron chi connectivity index (χ4n) is 2.14. The van der Waals surface area contributed by atoms with Crippen molar-refractivity contribution in [2.45, 2.75) is 52.4 Å². The SMILES string of the molecule is CCCCCCCCOc1c(C)cc(Br)cc1C(=O)O. The van der Waals surface area contributed by atoms with Crippen molar-refractivity contribution in [3.63, 3.8) is 0 Å². The van der Waals surface area contributed by atoms with Gasteiger partial charge in [-0.2, -0.15) is 0 Å². The molecule has 0 heterocycles. The summed E-state index contributed by atoms with van der Waals surface area (Å²) in [5.74, 6) is -0.457. The van der Waals surface area contributed by atoms with E-state index in [-0.39, 0.29) is 5.56 Å². The van der Waals surface area contributed by atoms with Crippen LogP contribution in [0.2, 0.25) is 0 Å². The van der Waals surface area contributed by atoms with E-state index in [2.05, 4.69) is 22.9 Å². The van der Waals surface area contributed by atoms with E-state index >= 15 is 0 Å². The second kappa shape index (κ2) is 9.01. The van der Waals surface area contributed by atoms with E-state index in [1.54, 1.807) is 6.07 Å². The van der Waals surface area contributed by atoms with Crippen molar-refractivity contribution in [2.75, 3.05) is 6.61 Å². The summed E-state index contributed by atoms with van der Waals surface area (Å²) in [4.78, 5) is 11.2. The van der Waals surface area contributed by atoms with E-state index < -0.39 is 5.97 Å². The van der Waals surface area contributed by atoms with Gasteiger partial charge in [-0.1, -0.05) is 55.0 Å². The molecule has 0 saturated carbocycles. The monoisotopic (exact) mass is 342 g/mol. The fraction of sp³-hybridized carbons (Fsp3) is 0.562. The molecule has 1 N–H and O–H groups in total. The smallest absolute Gasteiger partial charge is 0.339 e. The lowest BCUT2D eigenvalue weighted by Crippen LogP contribution is -2.06. The second-order valence-corrected chi connectivity index (χ2v) is 5.94. The van der Waals surface area contributed by atoms with Gasteiger partial charge in [0.15, 0.2) is 0 Å². The van der Waals surface area contributed by atoms with Gasteiger partial charge in [0.05, 0.1) is 6.61 Å². The molecule has 0 unspecified atom stereocenters. The Hall–Kier alpha value is -1.03. The quantitative estimate of drug-likeness (QED) is 0.627. The molecule has 0 aliphatic heterocycles. The summed E-state index contributed by atoms with van der Waals surface area (Å²) in [5, 5.41) is 9.21. The number of carboxylic acids is 1. The van der Waals surface area contributed by atoms with E-state index in [1.807, 2.05) is 13.0 Å². The first-order valence-electron chi connectivity index (χ1n) is 7.22. The van der Waals surface area contributed by atoms with Crippen molar-refractivity contribution in [3.8, 4) is 5.75 Å². The summed E-state index contributed by atoms with van der Waals surface area (Å²) >= 11 is 3.31. The van der Waals surface area contributed by atoms with E-state index in [9.17, 15) is 9.90 Å². The maximum Gasteiger partial charge on any atom is 0.339 e. The van der Waals surface area contributed by atoms with Crippen LogP contribution in [0.25, 0.3) is 0 Å². The molecule has 0 atom stereocenters. The van der Waals surface area contributed by atoms with Crippen molar-refractivity contribution in [2.24, 2.45) is 0 Å². The lowest BCUT2D eigenvalue weighted by Gasteiger charge is -2.12. The molecule has 0 saturated heterocycles. The van der Waals surface area contributed by atoms with Crippen molar-refractivity contribution < 1.29 is 14.6 Å². The zero-order valence-electron chi connectivity index (χ0n) is 12.2. The predicted octanol–water partition coefficient (Wildman–Crippen LogP) is 5.20.